The number of aromatic nitrogens is 1. The molecule has 2 unspecified atom stereocenters. The van der Waals surface area contributed by atoms with E-state index in [-0.39, 0.29) is 45.9 Å². The van der Waals surface area contributed by atoms with Crippen LogP contribution < -0.4 is 4.74 Å². The summed E-state index contributed by atoms with van der Waals surface area (Å²) in [6.07, 6.45) is 0.389. The van der Waals surface area contributed by atoms with Crippen LogP contribution in [0.1, 0.15) is 25.3 Å². The third-order valence-corrected chi connectivity index (χ3v) is 2.12. The molecule has 0 amide bonds. The van der Waals surface area contributed by atoms with Gasteiger partial charge in [-0.05, 0) is 5.92 Å². The van der Waals surface area contributed by atoms with E-state index >= 15 is 0 Å². The van der Waals surface area contributed by atoms with E-state index in [1.165, 1.54) is 0 Å². The second-order valence-electron chi connectivity index (χ2n) is 3.57. The second-order valence-corrected chi connectivity index (χ2v) is 4.09. The Hall–Kier alpha value is 0.374. The van der Waals surface area contributed by atoms with E-state index in [0.717, 1.165) is 5.56 Å². The van der Waals surface area contributed by atoms with E-state index in [1.54, 1.807) is 12.3 Å². The van der Waals surface area contributed by atoms with Gasteiger partial charge in [0.2, 0.25) is 6.10 Å². The van der Waals surface area contributed by atoms with Crippen LogP contribution in [0.15, 0.2) is 12.3 Å². The number of pyridine rings is 1. The monoisotopic (exact) mass is 333 g/mol. The second kappa shape index (κ2) is 9.32. The Morgan fingerprint density at radius 1 is 1.47 bits per heavy atom. The van der Waals surface area contributed by atoms with Crippen molar-refractivity contribution in [3.05, 3.63) is 23.9 Å². The van der Waals surface area contributed by atoms with Crippen LogP contribution in [0.4, 0.5) is 4.39 Å². The Morgan fingerprint density at radius 2 is 2.18 bits per heavy atom. The molecule has 1 heterocycles. The van der Waals surface area contributed by atoms with Crippen molar-refractivity contribution in [3.8, 4) is 5.88 Å². The van der Waals surface area contributed by atoms with Crippen LogP contribution >= 0.6 is 9.24 Å². The van der Waals surface area contributed by atoms with Crippen molar-refractivity contribution in [3.63, 3.8) is 0 Å². The molecule has 17 heavy (non-hydrogen) atoms. The first-order chi connectivity index (χ1) is 7.59. The van der Waals surface area contributed by atoms with Crippen LogP contribution in [0, 0.1) is 6.07 Å². The third kappa shape index (κ3) is 7.41. The number of halogens is 1. The quantitative estimate of drug-likeness (QED) is 0.455. The number of ether oxygens (including phenoxy) is 2. The van der Waals surface area contributed by atoms with E-state index in [2.05, 4.69) is 29.6 Å². The summed E-state index contributed by atoms with van der Waals surface area (Å²) < 4.78 is 22.1. The number of nitrogens with zero attached hydrogens (tertiary/aromatic N) is 1. The molecule has 0 aliphatic carbocycles. The standard InChI is InChI=1S/C11H16FNO2P.Y/c1-8(2)9-3-4-10(13-7-9)14-5-6-15-11(12)16;/h4,7-8,11H,5-6,16H2,1-2H3;/q-1;. The SMILES string of the molecule is CC(C)c1[c-]cc(OCCOC(F)P)nc1.[Y]. The fraction of sp³-hybridized carbons (Fsp3) is 0.545. The van der Waals surface area contributed by atoms with Gasteiger partial charge in [-0.1, -0.05) is 29.3 Å². The molecule has 1 radical (unpaired) electrons. The first-order valence-electron chi connectivity index (χ1n) is 5.11. The molecule has 0 bridgehead atoms. The van der Waals surface area contributed by atoms with Crippen molar-refractivity contribution in [1.82, 2.24) is 4.98 Å². The summed E-state index contributed by atoms with van der Waals surface area (Å²) in [4.78, 5) is 4.11. The van der Waals surface area contributed by atoms with Gasteiger partial charge in [0, 0.05) is 32.7 Å². The summed E-state index contributed by atoms with van der Waals surface area (Å²) in [5.74, 6) is 0.876. The molecule has 0 spiro atoms. The predicted octanol–water partition coefficient (Wildman–Crippen LogP) is 2.53. The molecule has 0 aromatic carbocycles. The van der Waals surface area contributed by atoms with Gasteiger partial charge in [-0.15, -0.1) is 11.6 Å². The third-order valence-electron chi connectivity index (χ3n) is 1.93. The smallest absolute Gasteiger partial charge is 0.211 e. The Morgan fingerprint density at radius 3 is 2.65 bits per heavy atom. The summed E-state index contributed by atoms with van der Waals surface area (Å²) >= 11 is 0. The van der Waals surface area contributed by atoms with Crippen LogP contribution in [0.25, 0.3) is 0 Å². The van der Waals surface area contributed by atoms with Gasteiger partial charge in [-0.25, -0.2) is 4.39 Å². The first kappa shape index (κ1) is 17.4. The molecule has 3 nitrogen and oxygen atoms in total. The van der Waals surface area contributed by atoms with Gasteiger partial charge in [0.15, 0.2) is 0 Å². The molecular weight excluding hydrogens is 317 g/mol. The van der Waals surface area contributed by atoms with Gasteiger partial charge >= 0.3 is 0 Å². The molecule has 0 saturated heterocycles. The molecule has 1 aromatic rings. The van der Waals surface area contributed by atoms with E-state index < -0.39 is 6.10 Å². The maximum atomic E-state index is 12.2. The maximum absolute atomic E-state index is 12.2. The van der Waals surface area contributed by atoms with Crippen molar-refractivity contribution < 1.29 is 46.6 Å². The van der Waals surface area contributed by atoms with Crippen molar-refractivity contribution in [2.24, 2.45) is 0 Å². The van der Waals surface area contributed by atoms with Crippen molar-refractivity contribution >= 4 is 9.24 Å². The van der Waals surface area contributed by atoms with Crippen LogP contribution in [0.3, 0.4) is 0 Å². The van der Waals surface area contributed by atoms with Crippen molar-refractivity contribution in [1.29, 1.82) is 0 Å². The first-order valence-corrected chi connectivity index (χ1v) is 5.78. The summed E-state index contributed by atoms with van der Waals surface area (Å²) in [6, 6.07) is 4.76. The van der Waals surface area contributed by atoms with Crippen molar-refractivity contribution in [2.75, 3.05) is 13.2 Å². The van der Waals surface area contributed by atoms with E-state index in [4.69, 9.17) is 4.74 Å². The Labute approximate surface area is 129 Å². The van der Waals surface area contributed by atoms with E-state index in [1.807, 2.05) is 9.24 Å². The van der Waals surface area contributed by atoms with Crippen LogP contribution in [-0.2, 0) is 37.4 Å². The minimum atomic E-state index is -1.34. The van der Waals surface area contributed by atoms with Gasteiger partial charge in [0.05, 0.1) is 19.1 Å². The summed E-state index contributed by atoms with van der Waals surface area (Å²) in [5, 5.41) is 0. The normalized spacial score (nSPS) is 12.1. The van der Waals surface area contributed by atoms with Crippen LogP contribution in [0.2, 0.25) is 0 Å². The maximum Gasteiger partial charge on any atom is 0.211 e. The molecule has 2 atom stereocenters. The fourth-order valence-electron chi connectivity index (χ4n) is 1.05. The molecule has 0 aliphatic rings. The topological polar surface area (TPSA) is 31.4 Å². The van der Waals surface area contributed by atoms with Crippen molar-refractivity contribution in [2.45, 2.75) is 25.9 Å². The van der Waals surface area contributed by atoms with Gasteiger partial charge in [-0.2, -0.15) is 6.07 Å². The molecule has 0 saturated carbocycles. The number of hydrogen-bond acceptors (Lipinski definition) is 3. The Bertz CT molecular complexity index is 309. The van der Waals surface area contributed by atoms with Gasteiger partial charge in [0.25, 0.3) is 0 Å². The number of alkyl halides is 1. The zero-order valence-electron chi connectivity index (χ0n) is 10.0. The molecule has 0 N–H and O–H groups in total. The average Bonchev–Trinajstić information content (AvgIpc) is 2.25. The molecule has 1 rings (SSSR count). The zero-order chi connectivity index (χ0) is 12.0. The van der Waals surface area contributed by atoms with Gasteiger partial charge in [-0.3, -0.25) is 0 Å². The Kier molecular flexibility index (Phi) is 9.53. The molecule has 0 fully saturated rings. The molecule has 1 aromatic heterocycles. The Balaban J connectivity index is 0.00000256. The van der Waals surface area contributed by atoms with Crippen LogP contribution in [0.5, 0.6) is 5.88 Å². The minimum Gasteiger partial charge on any atom is -0.532 e. The molecule has 6 heteroatoms. The summed E-state index contributed by atoms with van der Waals surface area (Å²) in [6.45, 7) is 4.61. The van der Waals surface area contributed by atoms with E-state index in [0.29, 0.717) is 11.8 Å². The van der Waals surface area contributed by atoms with E-state index in [9.17, 15) is 4.39 Å². The zero-order valence-corrected chi connectivity index (χ0v) is 14.0. The summed E-state index contributed by atoms with van der Waals surface area (Å²) in [5.41, 5.74) is 1.04. The van der Waals surface area contributed by atoms with Crippen LogP contribution in [-0.4, -0.2) is 24.3 Å². The average molecular weight is 333 g/mol. The molecule has 93 valence electrons. The largest absolute Gasteiger partial charge is 0.532 e. The van der Waals surface area contributed by atoms with Gasteiger partial charge < -0.3 is 14.5 Å². The number of hydrogen-bond donors (Lipinski definition) is 0. The minimum absolute atomic E-state index is 0. The fourth-order valence-corrected chi connectivity index (χ4v) is 1.19. The molecule has 0 aliphatic heterocycles. The number of rotatable bonds is 6. The van der Waals surface area contributed by atoms with Gasteiger partial charge in [0.1, 0.15) is 0 Å². The predicted molar refractivity (Wildman–Crippen MR) is 63.2 cm³/mol. The molecular formula is C11H16FNO2PY-. The summed E-state index contributed by atoms with van der Waals surface area (Å²) in [7, 11) is 1.91.